The topological polar surface area (TPSA) is 49.5 Å². The van der Waals surface area contributed by atoms with E-state index < -0.39 is 0 Å². The molecule has 0 aliphatic carbocycles. The summed E-state index contributed by atoms with van der Waals surface area (Å²) in [5, 5.41) is 10.1. The number of aliphatic hydroxyl groups excluding tert-OH is 1. The highest BCUT2D eigenvalue weighted by molar-refractivity contribution is 5.39. The molecule has 1 fully saturated rings. The fraction of sp³-hybridized carbons (Fsp3) is 0.600. The standard InChI is InChI=1S/C15H24N2O/c16-14-7-5-13(6-8-14)15(18)9-12-17-10-3-1-2-4-11-17/h5-8,15,18H,1-4,9-12,16H2. The molecule has 0 radical (unpaired) electrons. The number of nitrogen functional groups attached to an aromatic ring is 1. The van der Waals surface area contributed by atoms with Crippen molar-refractivity contribution in [1.82, 2.24) is 4.90 Å². The highest BCUT2D eigenvalue weighted by Gasteiger charge is 2.12. The van der Waals surface area contributed by atoms with E-state index in [1.165, 1.54) is 38.8 Å². The molecule has 0 saturated carbocycles. The Morgan fingerprint density at radius 3 is 2.28 bits per heavy atom. The van der Waals surface area contributed by atoms with E-state index in [1.807, 2.05) is 24.3 Å². The molecule has 100 valence electrons. The molecule has 0 amide bonds. The minimum Gasteiger partial charge on any atom is -0.399 e. The minimum atomic E-state index is -0.367. The highest BCUT2D eigenvalue weighted by atomic mass is 16.3. The van der Waals surface area contributed by atoms with E-state index in [0.717, 1.165) is 24.2 Å². The Morgan fingerprint density at radius 2 is 1.67 bits per heavy atom. The molecule has 0 spiro atoms. The van der Waals surface area contributed by atoms with E-state index in [0.29, 0.717) is 0 Å². The van der Waals surface area contributed by atoms with E-state index in [9.17, 15) is 5.11 Å². The third-order valence-electron chi connectivity index (χ3n) is 3.74. The van der Waals surface area contributed by atoms with Crippen LogP contribution in [0.2, 0.25) is 0 Å². The maximum Gasteiger partial charge on any atom is 0.0802 e. The van der Waals surface area contributed by atoms with Gasteiger partial charge in [-0.05, 0) is 50.0 Å². The quantitative estimate of drug-likeness (QED) is 0.805. The zero-order valence-electron chi connectivity index (χ0n) is 11.0. The Bertz CT molecular complexity index is 342. The van der Waals surface area contributed by atoms with E-state index in [4.69, 9.17) is 5.73 Å². The van der Waals surface area contributed by atoms with Crippen LogP contribution in [-0.2, 0) is 0 Å². The van der Waals surface area contributed by atoms with Crippen LogP contribution in [0.5, 0.6) is 0 Å². The lowest BCUT2D eigenvalue weighted by Gasteiger charge is -2.21. The summed E-state index contributed by atoms with van der Waals surface area (Å²) in [6.45, 7) is 3.37. The van der Waals surface area contributed by atoms with Gasteiger partial charge in [-0.25, -0.2) is 0 Å². The van der Waals surface area contributed by atoms with Gasteiger partial charge in [-0.1, -0.05) is 25.0 Å². The largest absolute Gasteiger partial charge is 0.399 e. The monoisotopic (exact) mass is 248 g/mol. The summed E-state index contributed by atoms with van der Waals surface area (Å²) in [5.41, 5.74) is 7.37. The highest BCUT2D eigenvalue weighted by Crippen LogP contribution is 2.19. The fourth-order valence-electron chi connectivity index (χ4n) is 2.55. The number of aliphatic hydroxyl groups is 1. The predicted octanol–water partition coefficient (Wildman–Crippen LogP) is 2.57. The van der Waals surface area contributed by atoms with Crippen molar-refractivity contribution >= 4 is 5.69 Å². The van der Waals surface area contributed by atoms with Crippen LogP contribution in [0, 0.1) is 0 Å². The molecule has 0 bridgehead atoms. The van der Waals surface area contributed by atoms with Crippen molar-refractivity contribution in [2.75, 3.05) is 25.4 Å². The lowest BCUT2D eigenvalue weighted by Crippen LogP contribution is -2.26. The molecule has 1 aliphatic heterocycles. The zero-order valence-corrected chi connectivity index (χ0v) is 11.0. The molecule has 1 unspecified atom stereocenters. The molecule has 0 aromatic heterocycles. The number of hydrogen-bond acceptors (Lipinski definition) is 3. The molecule has 1 atom stereocenters. The Balaban J connectivity index is 1.80. The van der Waals surface area contributed by atoms with Crippen LogP contribution < -0.4 is 5.73 Å². The predicted molar refractivity (Wildman–Crippen MR) is 75.3 cm³/mol. The van der Waals surface area contributed by atoms with Gasteiger partial charge in [0.2, 0.25) is 0 Å². The van der Waals surface area contributed by atoms with Crippen LogP contribution in [-0.4, -0.2) is 29.6 Å². The van der Waals surface area contributed by atoms with E-state index in [-0.39, 0.29) is 6.10 Å². The second kappa shape index (κ2) is 6.76. The van der Waals surface area contributed by atoms with Crippen LogP contribution in [0.15, 0.2) is 24.3 Å². The Morgan fingerprint density at radius 1 is 1.06 bits per heavy atom. The SMILES string of the molecule is Nc1ccc(C(O)CCN2CCCCCC2)cc1. The third kappa shape index (κ3) is 4.00. The normalized spacial score (nSPS) is 19.4. The minimum absolute atomic E-state index is 0.367. The van der Waals surface area contributed by atoms with Crippen LogP contribution in [0.1, 0.15) is 43.8 Å². The number of anilines is 1. The number of rotatable bonds is 4. The van der Waals surface area contributed by atoms with E-state index >= 15 is 0 Å². The van der Waals surface area contributed by atoms with Gasteiger partial charge in [0.25, 0.3) is 0 Å². The first kappa shape index (κ1) is 13.4. The molecule has 1 aliphatic rings. The van der Waals surface area contributed by atoms with Gasteiger partial charge in [0, 0.05) is 12.2 Å². The zero-order chi connectivity index (χ0) is 12.8. The number of hydrogen-bond donors (Lipinski definition) is 2. The summed E-state index contributed by atoms with van der Waals surface area (Å²) >= 11 is 0. The Labute approximate surface area is 110 Å². The molecular weight excluding hydrogens is 224 g/mol. The van der Waals surface area contributed by atoms with Gasteiger partial charge < -0.3 is 15.7 Å². The molecule has 1 saturated heterocycles. The molecule has 3 nitrogen and oxygen atoms in total. The van der Waals surface area contributed by atoms with Crippen molar-refractivity contribution in [2.24, 2.45) is 0 Å². The van der Waals surface area contributed by atoms with Crippen molar-refractivity contribution in [1.29, 1.82) is 0 Å². The smallest absolute Gasteiger partial charge is 0.0802 e. The summed E-state index contributed by atoms with van der Waals surface area (Å²) in [7, 11) is 0. The number of benzene rings is 1. The number of nitrogens with zero attached hydrogens (tertiary/aromatic N) is 1. The van der Waals surface area contributed by atoms with Gasteiger partial charge in [0.05, 0.1) is 6.10 Å². The van der Waals surface area contributed by atoms with E-state index in [1.54, 1.807) is 0 Å². The average molecular weight is 248 g/mol. The summed E-state index contributed by atoms with van der Waals surface area (Å²) in [5.74, 6) is 0. The lowest BCUT2D eigenvalue weighted by molar-refractivity contribution is 0.143. The molecule has 1 heterocycles. The molecular formula is C15H24N2O. The van der Waals surface area contributed by atoms with Crippen LogP contribution >= 0.6 is 0 Å². The Hall–Kier alpha value is -1.06. The second-order valence-electron chi connectivity index (χ2n) is 5.23. The lowest BCUT2D eigenvalue weighted by atomic mass is 10.1. The van der Waals surface area contributed by atoms with Crippen LogP contribution in [0.4, 0.5) is 5.69 Å². The summed E-state index contributed by atoms with van der Waals surface area (Å²) in [6.07, 6.45) is 5.77. The maximum absolute atomic E-state index is 10.1. The summed E-state index contributed by atoms with van der Waals surface area (Å²) in [6, 6.07) is 7.54. The van der Waals surface area contributed by atoms with Gasteiger partial charge in [0.1, 0.15) is 0 Å². The van der Waals surface area contributed by atoms with Gasteiger partial charge in [0.15, 0.2) is 0 Å². The van der Waals surface area contributed by atoms with Gasteiger partial charge in [-0.15, -0.1) is 0 Å². The van der Waals surface area contributed by atoms with Crippen LogP contribution in [0.25, 0.3) is 0 Å². The first-order valence-corrected chi connectivity index (χ1v) is 7.01. The molecule has 18 heavy (non-hydrogen) atoms. The van der Waals surface area contributed by atoms with Crippen molar-refractivity contribution in [3.8, 4) is 0 Å². The summed E-state index contributed by atoms with van der Waals surface area (Å²) < 4.78 is 0. The molecule has 3 N–H and O–H groups in total. The van der Waals surface area contributed by atoms with E-state index in [2.05, 4.69) is 4.90 Å². The fourth-order valence-corrected chi connectivity index (χ4v) is 2.55. The number of likely N-dealkylation sites (tertiary alicyclic amines) is 1. The first-order chi connectivity index (χ1) is 8.75. The van der Waals surface area contributed by atoms with Crippen molar-refractivity contribution in [2.45, 2.75) is 38.2 Å². The first-order valence-electron chi connectivity index (χ1n) is 7.01. The van der Waals surface area contributed by atoms with Crippen LogP contribution in [0.3, 0.4) is 0 Å². The van der Waals surface area contributed by atoms with Crippen molar-refractivity contribution < 1.29 is 5.11 Å². The average Bonchev–Trinajstić information content (AvgIpc) is 2.65. The molecule has 1 aromatic carbocycles. The van der Waals surface area contributed by atoms with Crippen molar-refractivity contribution in [3.05, 3.63) is 29.8 Å². The Kier molecular flexibility index (Phi) is 5.02. The van der Waals surface area contributed by atoms with Gasteiger partial charge in [-0.3, -0.25) is 0 Å². The van der Waals surface area contributed by atoms with Gasteiger partial charge in [-0.2, -0.15) is 0 Å². The molecule has 3 heteroatoms. The summed E-state index contributed by atoms with van der Waals surface area (Å²) in [4.78, 5) is 2.48. The third-order valence-corrected chi connectivity index (χ3v) is 3.74. The maximum atomic E-state index is 10.1. The molecule has 1 aromatic rings. The van der Waals surface area contributed by atoms with Gasteiger partial charge >= 0.3 is 0 Å². The van der Waals surface area contributed by atoms with Crippen molar-refractivity contribution in [3.63, 3.8) is 0 Å². The second-order valence-corrected chi connectivity index (χ2v) is 5.23. The number of nitrogens with two attached hydrogens (primary N) is 1. The molecule has 2 rings (SSSR count).